The van der Waals surface area contributed by atoms with E-state index in [4.69, 9.17) is 9.47 Å². The molecule has 0 saturated heterocycles. The van der Waals surface area contributed by atoms with Gasteiger partial charge in [-0.3, -0.25) is 4.79 Å². The van der Waals surface area contributed by atoms with Gasteiger partial charge in [-0.1, -0.05) is 18.2 Å². The van der Waals surface area contributed by atoms with Crippen LogP contribution in [0.15, 0.2) is 48.6 Å². The van der Waals surface area contributed by atoms with Crippen molar-refractivity contribution in [3.05, 3.63) is 76.9 Å². The number of hydrogen-bond donors (Lipinski definition) is 3. The van der Waals surface area contributed by atoms with Gasteiger partial charge in [0.05, 0.1) is 44.1 Å². The number of sulfonamides is 1. The molecule has 254 valence electrons. The van der Waals surface area contributed by atoms with Gasteiger partial charge in [0.1, 0.15) is 23.4 Å². The molecule has 2 aliphatic rings. The number of halogens is 5. The zero-order chi connectivity index (χ0) is 33.6. The fraction of sp³-hybridized carbons (Fsp3) is 0.516. The maximum Gasteiger partial charge on any atom is 0.390 e. The lowest BCUT2D eigenvalue weighted by molar-refractivity contribution is -0.130. The lowest BCUT2D eigenvalue weighted by Crippen LogP contribution is -2.55. The summed E-state index contributed by atoms with van der Waals surface area (Å²) in [4.78, 5) is 13.7. The molecule has 0 spiro atoms. The monoisotopic (exact) mass is 675 g/mol. The Morgan fingerprint density at radius 3 is 2.48 bits per heavy atom. The molecular weight excluding hydrogens is 637 g/mol. The molecule has 2 aromatic rings. The number of rotatable bonds is 7. The third-order valence-electron chi connectivity index (χ3n) is 8.20. The zero-order valence-corrected chi connectivity index (χ0v) is 26.2. The second kappa shape index (κ2) is 15.2. The van der Waals surface area contributed by atoms with E-state index in [9.17, 15) is 40.3 Å². The highest BCUT2D eigenvalue weighted by Gasteiger charge is 2.38. The number of carbonyl (C=O) groups excluding carboxylic acids is 1. The van der Waals surface area contributed by atoms with E-state index in [-0.39, 0.29) is 50.1 Å². The summed E-state index contributed by atoms with van der Waals surface area (Å²) in [6, 6.07) is 5.44. The van der Waals surface area contributed by atoms with E-state index in [1.807, 2.05) is 18.2 Å². The smallest absolute Gasteiger partial charge is 0.390 e. The lowest BCUT2D eigenvalue weighted by Gasteiger charge is -2.31. The third-order valence-corrected chi connectivity index (χ3v) is 10.1. The van der Waals surface area contributed by atoms with Gasteiger partial charge in [-0.25, -0.2) is 17.2 Å². The van der Waals surface area contributed by atoms with Gasteiger partial charge in [-0.05, 0) is 66.6 Å². The van der Waals surface area contributed by atoms with E-state index in [1.165, 1.54) is 7.11 Å². The van der Waals surface area contributed by atoms with Crippen molar-refractivity contribution in [3.8, 4) is 5.75 Å². The number of fused-ring (bicyclic) bond motifs is 5. The number of carbonyl (C=O) groups is 1. The minimum atomic E-state index is -4.73. The molecule has 5 atom stereocenters. The van der Waals surface area contributed by atoms with Gasteiger partial charge in [0, 0.05) is 25.7 Å². The van der Waals surface area contributed by atoms with Crippen LogP contribution in [0.4, 0.5) is 22.0 Å². The molecule has 3 N–H and O–H groups in total. The van der Waals surface area contributed by atoms with Crippen molar-refractivity contribution in [1.82, 2.24) is 14.9 Å². The number of likely N-dealkylation sites (N-methyl/N-ethyl adjacent to an activating group) is 1. The van der Waals surface area contributed by atoms with Crippen LogP contribution in [0.2, 0.25) is 0 Å². The number of allylic oxidation sites excluding steroid dienone is 1. The average molecular weight is 676 g/mol. The normalized spacial score (nSPS) is 25.6. The van der Waals surface area contributed by atoms with Gasteiger partial charge in [-0.2, -0.15) is 17.5 Å². The second-order valence-corrected chi connectivity index (χ2v) is 13.6. The Bertz CT molecular complexity index is 1490. The van der Waals surface area contributed by atoms with Gasteiger partial charge in [0.15, 0.2) is 0 Å². The molecule has 1 amide bonds. The summed E-state index contributed by atoms with van der Waals surface area (Å²) < 4.78 is 105. The van der Waals surface area contributed by atoms with Crippen molar-refractivity contribution < 1.29 is 49.7 Å². The van der Waals surface area contributed by atoms with Crippen LogP contribution >= 0.6 is 0 Å². The van der Waals surface area contributed by atoms with Crippen molar-refractivity contribution in [1.29, 1.82) is 0 Å². The van der Waals surface area contributed by atoms with Gasteiger partial charge >= 0.3 is 6.18 Å². The SMILES string of the molecule is COc1ccc2c(c1)[C@@H]1C[C@H]2OC/C=C\CC[C@H](N(C)S(=O)(=O)CCC(F)(F)F)C(=O)N[C@@H](Cc2cc(F)cc(F)c2)[C@H](O)CN1. The molecule has 0 unspecified atom stereocenters. The Morgan fingerprint density at radius 2 is 1.80 bits per heavy atom. The zero-order valence-electron chi connectivity index (χ0n) is 25.4. The number of aliphatic hydroxyl groups is 1. The third kappa shape index (κ3) is 9.47. The predicted molar refractivity (Wildman–Crippen MR) is 159 cm³/mol. The number of nitrogens with one attached hydrogen (secondary N) is 2. The van der Waals surface area contributed by atoms with Crippen molar-refractivity contribution >= 4 is 15.9 Å². The van der Waals surface area contributed by atoms with E-state index >= 15 is 0 Å². The summed E-state index contributed by atoms with van der Waals surface area (Å²) in [6.07, 6.45) is -4.20. The first-order valence-electron chi connectivity index (χ1n) is 14.8. The number of amides is 1. The van der Waals surface area contributed by atoms with E-state index in [0.29, 0.717) is 22.5 Å². The van der Waals surface area contributed by atoms with E-state index < -0.39 is 64.1 Å². The molecule has 4 rings (SSSR count). The summed E-state index contributed by atoms with van der Waals surface area (Å²) in [5.41, 5.74) is 1.94. The molecular formula is C31H38F5N3O6S. The summed E-state index contributed by atoms with van der Waals surface area (Å²) in [5, 5.41) is 17.2. The van der Waals surface area contributed by atoms with Crippen LogP contribution in [0.1, 0.15) is 54.5 Å². The van der Waals surface area contributed by atoms with Crippen LogP contribution in [0.3, 0.4) is 0 Å². The summed E-state index contributed by atoms with van der Waals surface area (Å²) in [5.74, 6) is -3.26. The second-order valence-electron chi connectivity index (χ2n) is 11.4. The molecule has 0 fully saturated rings. The van der Waals surface area contributed by atoms with Gasteiger partial charge in [-0.15, -0.1) is 0 Å². The van der Waals surface area contributed by atoms with Crippen molar-refractivity contribution in [2.45, 2.75) is 68.6 Å². The molecule has 46 heavy (non-hydrogen) atoms. The highest BCUT2D eigenvalue weighted by molar-refractivity contribution is 7.89. The maximum absolute atomic E-state index is 14.0. The van der Waals surface area contributed by atoms with E-state index in [1.54, 1.807) is 12.2 Å². The summed E-state index contributed by atoms with van der Waals surface area (Å²) >= 11 is 0. The first-order valence-corrected chi connectivity index (χ1v) is 16.4. The van der Waals surface area contributed by atoms with Crippen molar-refractivity contribution in [3.63, 3.8) is 0 Å². The van der Waals surface area contributed by atoms with E-state index in [0.717, 1.165) is 30.3 Å². The van der Waals surface area contributed by atoms with Crippen LogP contribution < -0.4 is 15.4 Å². The van der Waals surface area contributed by atoms with Crippen LogP contribution in [-0.4, -0.2) is 81.2 Å². The first-order chi connectivity index (χ1) is 21.7. The molecule has 0 saturated carbocycles. The summed E-state index contributed by atoms with van der Waals surface area (Å²) in [7, 11) is -1.97. The minimum absolute atomic E-state index is 0.0962. The molecule has 2 bridgehead atoms. The molecule has 1 aliphatic carbocycles. The minimum Gasteiger partial charge on any atom is -0.497 e. The standard InChI is InChI=1S/C31H38F5N3O6S/c1-39(46(42,43)11-9-31(34,35)36)27-6-4-3-5-10-45-29-17-25(24-16-22(44-2)7-8-23(24)29)37-18-28(40)26(38-30(27)41)14-19-12-20(32)15-21(33)13-19/h3,5,7-8,12-13,15-16,25-29,37,40H,4,6,9-11,14,17-18H2,1-2H3,(H,38,41)/b5-3-/t25-,26-,27-,28+,29+/m0/s1. The molecule has 15 heteroatoms. The molecule has 9 nitrogen and oxygen atoms in total. The van der Waals surface area contributed by atoms with E-state index in [2.05, 4.69) is 10.6 Å². The van der Waals surface area contributed by atoms with Gasteiger partial charge in [0.25, 0.3) is 0 Å². The van der Waals surface area contributed by atoms with Gasteiger partial charge < -0.3 is 25.2 Å². The highest BCUT2D eigenvalue weighted by atomic mass is 32.2. The highest BCUT2D eigenvalue weighted by Crippen LogP contribution is 2.42. The Labute approximate surface area is 264 Å². The predicted octanol–water partition coefficient (Wildman–Crippen LogP) is 4.09. The molecule has 1 heterocycles. The van der Waals surface area contributed by atoms with Gasteiger partial charge in [0.2, 0.25) is 15.9 Å². The quantitative estimate of drug-likeness (QED) is 0.299. The lowest BCUT2D eigenvalue weighted by atomic mass is 9.99. The van der Waals surface area contributed by atoms with Crippen molar-refractivity contribution in [2.75, 3.05) is 33.1 Å². The Balaban J connectivity index is 1.65. The first kappa shape index (κ1) is 35.7. The molecule has 1 aliphatic heterocycles. The molecule has 0 aromatic heterocycles. The Morgan fingerprint density at radius 1 is 1.09 bits per heavy atom. The number of ether oxygens (including phenoxy) is 2. The van der Waals surface area contributed by atoms with Crippen LogP contribution in [-0.2, 0) is 26.0 Å². The number of aliphatic hydroxyl groups excluding tert-OH is 1. The molecule has 0 radical (unpaired) electrons. The number of alkyl halides is 3. The number of hydrogen-bond acceptors (Lipinski definition) is 7. The number of nitrogens with zero attached hydrogens (tertiary/aromatic N) is 1. The molecule has 2 aromatic carbocycles. The van der Waals surface area contributed by atoms with Crippen LogP contribution in [0.5, 0.6) is 5.75 Å². The number of benzene rings is 2. The average Bonchev–Trinajstić information content (AvgIpc) is 3.33. The Hall–Kier alpha value is -3.11. The topological polar surface area (TPSA) is 117 Å². The summed E-state index contributed by atoms with van der Waals surface area (Å²) in [6.45, 7) is 0.107. The number of β-amino-alcohol motifs (C(OH)–C–C–N with tert-alkyl or cyclic N) is 1. The largest absolute Gasteiger partial charge is 0.497 e. The van der Waals surface area contributed by atoms with Crippen LogP contribution in [0.25, 0.3) is 0 Å². The number of methoxy groups -OCH3 is 1. The maximum atomic E-state index is 14.0. The Kier molecular flexibility index (Phi) is 11.8. The van der Waals surface area contributed by atoms with Crippen LogP contribution in [0, 0.1) is 11.6 Å². The van der Waals surface area contributed by atoms with Crippen molar-refractivity contribution in [2.24, 2.45) is 0 Å². The fourth-order valence-electron chi connectivity index (χ4n) is 5.72. The fourth-order valence-corrected chi connectivity index (χ4v) is 7.08.